The minimum Gasteiger partial charge on any atom is -0.484 e. The second-order valence-corrected chi connectivity index (χ2v) is 7.77. The lowest BCUT2D eigenvalue weighted by Gasteiger charge is -2.24. The first-order valence-corrected chi connectivity index (χ1v) is 10.3. The summed E-state index contributed by atoms with van der Waals surface area (Å²) in [6.07, 6.45) is 2.42. The van der Waals surface area contributed by atoms with Gasteiger partial charge in [-0.15, -0.1) is 0 Å². The third-order valence-electron chi connectivity index (χ3n) is 5.56. The molecule has 2 heterocycles. The van der Waals surface area contributed by atoms with Crippen molar-refractivity contribution in [1.29, 1.82) is 0 Å². The summed E-state index contributed by atoms with van der Waals surface area (Å²) in [5.41, 5.74) is 3.25. The number of aryl methyl sites for hydroxylation is 1. The summed E-state index contributed by atoms with van der Waals surface area (Å²) in [4.78, 5) is 28.3. The lowest BCUT2D eigenvalue weighted by Crippen LogP contribution is -2.31. The van der Waals surface area contributed by atoms with E-state index < -0.39 is 5.63 Å². The fraction of sp³-hybridized carbons (Fsp3) is 0.333. The molecule has 1 aromatic heterocycles. The molecule has 3 aromatic rings. The number of fused-ring (bicyclic) bond motifs is 1. The standard InChI is InChI=1S/C24H26N2O4/c1-17-13-24(28)30-22-14-19(9-10-20(17)22)29-16-23(27)25(2)15-18-7-3-4-8-21(18)26-11-5-6-12-26/h3-4,7-10,13-14H,5-6,11-12,15-16H2,1-2H3. The van der Waals surface area contributed by atoms with Gasteiger partial charge in [0.25, 0.3) is 5.91 Å². The molecule has 30 heavy (non-hydrogen) atoms. The maximum atomic E-state index is 12.6. The molecule has 0 aliphatic carbocycles. The molecule has 1 saturated heterocycles. The van der Waals surface area contributed by atoms with Gasteiger partial charge in [0.1, 0.15) is 11.3 Å². The maximum Gasteiger partial charge on any atom is 0.336 e. The molecule has 0 atom stereocenters. The smallest absolute Gasteiger partial charge is 0.336 e. The molecule has 156 valence electrons. The summed E-state index contributed by atoms with van der Waals surface area (Å²) in [6, 6.07) is 15.0. The van der Waals surface area contributed by atoms with Crippen LogP contribution >= 0.6 is 0 Å². The van der Waals surface area contributed by atoms with Crippen LogP contribution in [0, 0.1) is 6.92 Å². The van der Waals surface area contributed by atoms with Crippen molar-refractivity contribution < 1.29 is 13.9 Å². The molecule has 0 spiro atoms. The van der Waals surface area contributed by atoms with Gasteiger partial charge in [0.05, 0.1) is 0 Å². The molecule has 1 aliphatic rings. The Morgan fingerprint density at radius 3 is 2.70 bits per heavy atom. The van der Waals surface area contributed by atoms with Gasteiger partial charge < -0.3 is 19.0 Å². The Morgan fingerprint density at radius 1 is 1.13 bits per heavy atom. The number of benzene rings is 2. The van der Waals surface area contributed by atoms with Crippen LogP contribution in [0.4, 0.5) is 5.69 Å². The zero-order valence-electron chi connectivity index (χ0n) is 17.4. The average Bonchev–Trinajstić information content (AvgIpc) is 3.26. The van der Waals surface area contributed by atoms with Crippen molar-refractivity contribution in [2.24, 2.45) is 0 Å². The number of carbonyl (C=O) groups excluding carboxylic acids is 1. The van der Waals surface area contributed by atoms with Crippen LogP contribution < -0.4 is 15.3 Å². The van der Waals surface area contributed by atoms with E-state index in [0.29, 0.717) is 17.9 Å². The van der Waals surface area contributed by atoms with E-state index in [-0.39, 0.29) is 12.5 Å². The molecule has 6 nitrogen and oxygen atoms in total. The molecule has 1 fully saturated rings. The average molecular weight is 406 g/mol. The molecule has 0 N–H and O–H groups in total. The first-order valence-electron chi connectivity index (χ1n) is 10.3. The topological polar surface area (TPSA) is 63.0 Å². The van der Waals surface area contributed by atoms with Gasteiger partial charge >= 0.3 is 5.63 Å². The summed E-state index contributed by atoms with van der Waals surface area (Å²) in [6.45, 7) is 4.44. The Kier molecular flexibility index (Phi) is 5.74. The molecule has 0 unspecified atom stereocenters. The van der Waals surface area contributed by atoms with E-state index in [1.54, 1.807) is 24.1 Å². The molecular weight excluding hydrogens is 380 g/mol. The molecule has 6 heteroatoms. The van der Waals surface area contributed by atoms with E-state index in [9.17, 15) is 9.59 Å². The highest BCUT2D eigenvalue weighted by molar-refractivity contribution is 5.81. The third-order valence-corrected chi connectivity index (χ3v) is 5.56. The first kappa shape index (κ1) is 20.0. The molecule has 1 amide bonds. The Morgan fingerprint density at radius 2 is 1.90 bits per heavy atom. The van der Waals surface area contributed by atoms with Crippen molar-refractivity contribution in [3.8, 4) is 5.75 Å². The number of hydrogen-bond donors (Lipinski definition) is 0. The normalized spacial score (nSPS) is 13.6. The molecule has 0 radical (unpaired) electrons. The molecule has 4 rings (SSSR count). The van der Waals surface area contributed by atoms with Crippen LogP contribution in [0.1, 0.15) is 24.0 Å². The summed E-state index contributed by atoms with van der Waals surface area (Å²) in [5.74, 6) is 0.382. The predicted molar refractivity (Wildman–Crippen MR) is 117 cm³/mol. The van der Waals surface area contributed by atoms with Crippen molar-refractivity contribution in [3.05, 3.63) is 70.1 Å². The zero-order valence-corrected chi connectivity index (χ0v) is 17.4. The quantitative estimate of drug-likeness (QED) is 0.584. The van der Waals surface area contributed by atoms with Gasteiger partial charge in [-0.25, -0.2) is 4.79 Å². The van der Waals surface area contributed by atoms with Gasteiger partial charge in [-0.3, -0.25) is 4.79 Å². The van der Waals surface area contributed by atoms with E-state index >= 15 is 0 Å². The summed E-state index contributed by atoms with van der Waals surface area (Å²) >= 11 is 0. The number of hydrogen-bond acceptors (Lipinski definition) is 5. The van der Waals surface area contributed by atoms with Crippen molar-refractivity contribution in [2.75, 3.05) is 31.6 Å². The second kappa shape index (κ2) is 8.61. The number of nitrogens with zero attached hydrogens (tertiary/aromatic N) is 2. The summed E-state index contributed by atoms with van der Waals surface area (Å²) in [7, 11) is 1.79. The van der Waals surface area contributed by atoms with Crippen LogP contribution in [0.5, 0.6) is 5.75 Å². The van der Waals surface area contributed by atoms with Gasteiger partial charge in [-0.2, -0.15) is 0 Å². The van der Waals surface area contributed by atoms with Crippen LogP contribution in [-0.2, 0) is 11.3 Å². The predicted octanol–water partition coefficient (Wildman–Crippen LogP) is 3.74. The van der Waals surface area contributed by atoms with E-state index in [0.717, 1.165) is 29.6 Å². The van der Waals surface area contributed by atoms with Crippen LogP contribution in [0.2, 0.25) is 0 Å². The Labute approximate surface area is 175 Å². The van der Waals surface area contributed by atoms with Crippen LogP contribution in [0.3, 0.4) is 0 Å². The van der Waals surface area contributed by atoms with Crippen molar-refractivity contribution in [2.45, 2.75) is 26.3 Å². The molecular formula is C24H26N2O4. The number of carbonyl (C=O) groups is 1. The van der Waals surface area contributed by atoms with Crippen molar-refractivity contribution in [3.63, 3.8) is 0 Å². The monoisotopic (exact) mass is 406 g/mol. The minimum atomic E-state index is -0.398. The number of ether oxygens (including phenoxy) is 1. The van der Waals surface area contributed by atoms with Crippen LogP contribution in [-0.4, -0.2) is 37.6 Å². The zero-order chi connectivity index (χ0) is 21.1. The number of likely N-dealkylation sites (N-methyl/N-ethyl adjacent to an activating group) is 1. The van der Waals surface area contributed by atoms with Gasteiger partial charge in [0, 0.05) is 49.9 Å². The largest absolute Gasteiger partial charge is 0.484 e. The van der Waals surface area contributed by atoms with Crippen LogP contribution in [0.15, 0.2) is 57.7 Å². The summed E-state index contributed by atoms with van der Waals surface area (Å²) in [5, 5.41) is 0.851. The lowest BCUT2D eigenvalue weighted by molar-refractivity contribution is -0.132. The minimum absolute atomic E-state index is 0.0794. The second-order valence-electron chi connectivity index (χ2n) is 7.77. The SMILES string of the molecule is Cc1cc(=O)oc2cc(OCC(=O)N(C)Cc3ccccc3N3CCCC3)ccc12. The number of amides is 1. The number of anilines is 1. The van der Waals surface area contributed by atoms with Gasteiger partial charge in [-0.1, -0.05) is 18.2 Å². The maximum absolute atomic E-state index is 12.6. The molecule has 0 saturated carbocycles. The fourth-order valence-corrected chi connectivity index (χ4v) is 3.91. The van der Waals surface area contributed by atoms with Crippen molar-refractivity contribution in [1.82, 2.24) is 4.90 Å². The third kappa shape index (κ3) is 4.32. The number of para-hydroxylation sites is 1. The number of rotatable bonds is 6. The molecule has 0 bridgehead atoms. The highest BCUT2D eigenvalue weighted by Crippen LogP contribution is 2.26. The van der Waals surface area contributed by atoms with Gasteiger partial charge in [-0.05, 0) is 49.1 Å². The Hall–Kier alpha value is -3.28. The van der Waals surface area contributed by atoms with E-state index in [1.165, 1.54) is 24.6 Å². The van der Waals surface area contributed by atoms with Gasteiger partial charge in [0.2, 0.25) is 0 Å². The fourth-order valence-electron chi connectivity index (χ4n) is 3.91. The highest BCUT2D eigenvalue weighted by Gasteiger charge is 2.18. The summed E-state index contributed by atoms with van der Waals surface area (Å²) < 4.78 is 10.9. The van der Waals surface area contributed by atoms with Gasteiger partial charge in [0.15, 0.2) is 6.61 Å². The van der Waals surface area contributed by atoms with E-state index in [2.05, 4.69) is 17.0 Å². The van der Waals surface area contributed by atoms with E-state index in [1.807, 2.05) is 25.1 Å². The Bertz CT molecular complexity index is 1120. The highest BCUT2D eigenvalue weighted by atomic mass is 16.5. The van der Waals surface area contributed by atoms with Crippen molar-refractivity contribution >= 4 is 22.6 Å². The molecule has 1 aliphatic heterocycles. The lowest BCUT2D eigenvalue weighted by atomic mass is 10.1. The van der Waals surface area contributed by atoms with E-state index in [4.69, 9.17) is 9.15 Å². The Balaban J connectivity index is 1.41. The molecule has 2 aromatic carbocycles. The van der Waals surface area contributed by atoms with Crippen LogP contribution in [0.25, 0.3) is 11.0 Å². The first-order chi connectivity index (χ1) is 14.5.